The van der Waals surface area contributed by atoms with Gasteiger partial charge >= 0.3 is 0 Å². The SMILES string of the molecule is CCCCCC(C)(C)CNC(=O)c1cc(Cl)ncc1N. The number of hydrogen-bond acceptors (Lipinski definition) is 3. The normalized spacial score (nSPS) is 11.4. The van der Waals surface area contributed by atoms with Crippen LogP contribution >= 0.6 is 11.6 Å². The lowest BCUT2D eigenvalue weighted by Gasteiger charge is -2.25. The Morgan fingerprint density at radius 2 is 2.15 bits per heavy atom. The average Bonchev–Trinajstić information content (AvgIpc) is 2.39. The zero-order valence-electron chi connectivity index (χ0n) is 12.5. The number of anilines is 1. The van der Waals surface area contributed by atoms with Gasteiger partial charge in [0.1, 0.15) is 5.15 Å². The number of aromatic nitrogens is 1. The van der Waals surface area contributed by atoms with Gasteiger partial charge in [-0.15, -0.1) is 0 Å². The minimum atomic E-state index is -0.199. The van der Waals surface area contributed by atoms with E-state index in [4.69, 9.17) is 17.3 Å². The van der Waals surface area contributed by atoms with E-state index < -0.39 is 0 Å². The van der Waals surface area contributed by atoms with Crippen LogP contribution in [0.15, 0.2) is 12.3 Å². The summed E-state index contributed by atoms with van der Waals surface area (Å²) in [5, 5.41) is 3.20. The first-order chi connectivity index (χ1) is 9.35. The third-order valence-corrected chi connectivity index (χ3v) is 3.54. The van der Waals surface area contributed by atoms with Crippen molar-refractivity contribution in [2.75, 3.05) is 12.3 Å². The minimum Gasteiger partial charge on any atom is -0.397 e. The summed E-state index contributed by atoms with van der Waals surface area (Å²) in [6, 6.07) is 1.50. The van der Waals surface area contributed by atoms with E-state index in [1.807, 2.05) is 0 Å². The highest BCUT2D eigenvalue weighted by molar-refractivity contribution is 6.29. The number of nitrogens with zero attached hydrogens (tertiary/aromatic N) is 1. The molecule has 1 heterocycles. The summed E-state index contributed by atoms with van der Waals surface area (Å²) in [6.07, 6.45) is 6.11. The van der Waals surface area contributed by atoms with Gasteiger partial charge in [0.2, 0.25) is 0 Å². The van der Waals surface area contributed by atoms with Gasteiger partial charge in [0, 0.05) is 6.54 Å². The maximum atomic E-state index is 12.1. The Morgan fingerprint density at radius 1 is 1.45 bits per heavy atom. The monoisotopic (exact) mass is 297 g/mol. The van der Waals surface area contributed by atoms with Crippen LogP contribution < -0.4 is 11.1 Å². The van der Waals surface area contributed by atoms with Crippen molar-refractivity contribution in [3.63, 3.8) is 0 Å². The lowest BCUT2D eigenvalue weighted by Crippen LogP contribution is -2.34. The number of rotatable bonds is 7. The molecule has 4 nitrogen and oxygen atoms in total. The number of nitrogens with one attached hydrogen (secondary N) is 1. The van der Waals surface area contributed by atoms with Gasteiger partial charge in [-0.2, -0.15) is 0 Å². The summed E-state index contributed by atoms with van der Waals surface area (Å²) in [5.74, 6) is -0.199. The second kappa shape index (κ2) is 7.48. The molecular formula is C15H24ClN3O. The maximum Gasteiger partial charge on any atom is 0.253 e. The van der Waals surface area contributed by atoms with E-state index >= 15 is 0 Å². The van der Waals surface area contributed by atoms with Crippen LogP contribution in [0.3, 0.4) is 0 Å². The van der Waals surface area contributed by atoms with Crippen LogP contribution in [-0.2, 0) is 0 Å². The van der Waals surface area contributed by atoms with Crippen molar-refractivity contribution in [2.24, 2.45) is 5.41 Å². The number of amides is 1. The molecule has 0 aliphatic heterocycles. The van der Waals surface area contributed by atoms with Crippen molar-refractivity contribution < 1.29 is 4.79 Å². The minimum absolute atomic E-state index is 0.0798. The summed E-state index contributed by atoms with van der Waals surface area (Å²) < 4.78 is 0. The van der Waals surface area contributed by atoms with E-state index in [0.29, 0.717) is 17.8 Å². The average molecular weight is 298 g/mol. The van der Waals surface area contributed by atoms with Crippen molar-refractivity contribution in [1.29, 1.82) is 0 Å². The molecule has 0 aromatic carbocycles. The largest absolute Gasteiger partial charge is 0.397 e. The highest BCUT2D eigenvalue weighted by atomic mass is 35.5. The molecule has 3 N–H and O–H groups in total. The zero-order valence-corrected chi connectivity index (χ0v) is 13.3. The Morgan fingerprint density at radius 3 is 2.80 bits per heavy atom. The van der Waals surface area contributed by atoms with Crippen molar-refractivity contribution >= 4 is 23.2 Å². The van der Waals surface area contributed by atoms with Gasteiger partial charge < -0.3 is 11.1 Å². The Labute approximate surface area is 126 Å². The third kappa shape index (κ3) is 5.37. The van der Waals surface area contributed by atoms with E-state index in [2.05, 4.69) is 31.1 Å². The van der Waals surface area contributed by atoms with Gasteiger partial charge in [0.25, 0.3) is 5.91 Å². The highest BCUT2D eigenvalue weighted by Crippen LogP contribution is 2.23. The van der Waals surface area contributed by atoms with Gasteiger partial charge in [0.05, 0.1) is 17.4 Å². The second-order valence-electron chi connectivity index (χ2n) is 5.90. The number of nitrogen functional groups attached to an aromatic ring is 1. The molecule has 20 heavy (non-hydrogen) atoms. The van der Waals surface area contributed by atoms with Crippen LogP contribution in [0.5, 0.6) is 0 Å². The van der Waals surface area contributed by atoms with Gasteiger partial charge in [0.15, 0.2) is 0 Å². The molecule has 0 saturated heterocycles. The fourth-order valence-corrected chi connectivity index (χ4v) is 2.15. The van der Waals surface area contributed by atoms with Crippen molar-refractivity contribution in [2.45, 2.75) is 46.5 Å². The van der Waals surface area contributed by atoms with Gasteiger partial charge in [-0.3, -0.25) is 4.79 Å². The first-order valence-corrected chi connectivity index (χ1v) is 7.43. The molecule has 1 aromatic heterocycles. The third-order valence-electron chi connectivity index (χ3n) is 3.33. The molecule has 0 bridgehead atoms. The van der Waals surface area contributed by atoms with Gasteiger partial charge in [-0.05, 0) is 17.9 Å². The maximum absolute atomic E-state index is 12.1. The fraction of sp³-hybridized carbons (Fsp3) is 0.600. The van der Waals surface area contributed by atoms with Crippen LogP contribution in [0.1, 0.15) is 56.8 Å². The van der Waals surface area contributed by atoms with Crippen LogP contribution in [-0.4, -0.2) is 17.4 Å². The van der Waals surface area contributed by atoms with Crippen LogP contribution in [0.4, 0.5) is 5.69 Å². The van der Waals surface area contributed by atoms with Crippen molar-refractivity contribution in [1.82, 2.24) is 10.3 Å². The molecule has 0 spiro atoms. The van der Waals surface area contributed by atoms with Crippen LogP contribution in [0.2, 0.25) is 5.15 Å². The topological polar surface area (TPSA) is 68.0 Å². The number of nitrogens with two attached hydrogens (primary N) is 1. The highest BCUT2D eigenvalue weighted by Gasteiger charge is 2.19. The summed E-state index contributed by atoms with van der Waals surface area (Å²) in [6.45, 7) is 7.12. The standard InChI is InChI=1S/C15H24ClN3O/c1-4-5-6-7-15(2,3)10-19-14(20)11-8-13(16)18-9-12(11)17/h8-9H,4-7,10,17H2,1-3H3,(H,19,20). The molecule has 5 heteroatoms. The van der Waals surface area contributed by atoms with Crippen molar-refractivity contribution in [3.05, 3.63) is 23.0 Å². The molecule has 0 atom stereocenters. The number of carbonyl (C=O) groups excluding carboxylic acids is 1. The predicted molar refractivity (Wildman–Crippen MR) is 83.9 cm³/mol. The Kier molecular flexibility index (Phi) is 6.27. The molecule has 0 fully saturated rings. The lowest BCUT2D eigenvalue weighted by atomic mass is 9.87. The quantitative estimate of drug-likeness (QED) is 0.596. The Bertz CT molecular complexity index is 460. The Balaban J connectivity index is 2.56. The molecule has 0 aliphatic carbocycles. The molecule has 0 radical (unpaired) electrons. The van der Waals surface area contributed by atoms with Crippen molar-refractivity contribution in [3.8, 4) is 0 Å². The molecule has 112 valence electrons. The molecule has 1 amide bonds. The molecule has 1 rings (SSSR count). The van der Waals surface area contributed by atoms with E-state index in [-0.39, 0.29) is 16.5 Å². The first kappa shape index (κ1) is 16.8. The predicted octanol–water partition coefficient (Wildman–Crippen LogP) is 3.65. The van der Waals surface area contributed by atoms with E-state index in [0.717, 1.165) is 6.42 Å². The summed E-state index contributed by atoms with van der Waals surface area (Å²) >= 11 is 5.79. The molecular weight excluding hydrogens is 274 g/mol. The second-order valence-corrected chi connectivity index (χ2v) is 6.29. The van der Waals surface area contributed by atoms with Gasteiger partial charge in [-0.1, -0.05) is 51.6 Å². The number of hydrogen-bond donors (Lipinski definition) is 2. The zero-order chi connectivity index (χ0) is 15.2. The van der Waals surface area contributed by atoms with Crippen LogP contribution in [0, 0.1) is 5.41 Å². The molecule has 1 aromatic rings. The number of pyridine rings is 1. The molecule has 0 aliphatic rings. The van der Waals surface area contributed by atoms with E-state index in [1.54, 1.807) is 0 Å². The number of unbranched alkanes of at least 4 members (excludes halogenated alkanes) is 2. The number of halogens is 1. The Hall–Kier alpha value is -1.29. The van der Waals surface area contributed by atoms with E-state index in [9.17, 15) is 4.79 Å². The van der Waals surface area contributed by atoms with Gasteiger partial charge in [-0.25, -0.2) is 4.98 Å². The van der Waals surface area contributed by atoms with Crippen LogP contribution in [0.25, 0.3) is 0 Å². The number of carbonyl (C=O) groups is 1. The lowest BCUT2D eigenvalue weighted by molar-refractivity contribution is 0.0935. The summed E-state index contributed by atoms with van der Waals surface area (Å²) in [5.41, 5.74) is 6.55. The molecule has 0 saturated carbocycles. The van der Waals surface area contributed by atoms with E-state index in [1.165, 1.54) is 31.5 Å². The fourth-order valence-electron chi connectivity index (χ4n) is 1.99. The smallest absolute Gasteiger partial charge is 0.253 e. The summed E-state index contributed by atoms with van der Waals surface area (Å²) in [4.78, 5) is 16.0. The molecule has 0 unspecified atom stereocenters. The summed E-state index contributed by atoms with van der Waals surface area (Å²) in [7, 11) is 0. The first-order valence-electron chi connectivity index (χ1n) is 7.05.